The van der Waals surface area contributed by atoms with Crippen LogP contribution in [0, 0.1) is 25.5 Å². The highest BCUT2D eigenvalue weighted by Crippen LogP contribution is 2.36. The molecule has 5 nitrogen and oxygen atoms in total. The summed E-state index contributed by atoms with van der Waals surface area (Å²) in [7, 11) is 0. The van der Waals surface area contributed by atoms with Gasteiger partial charge in [0.1, 0.15) is 17.3 Å². The lowest BCUT2D eigenvalue weighted by Gasteiger charge is -2.15. The van der Waals surface area contributed by atoms with E-state index < -0.39 is 29.9 Å². The van der Waals surface area contributed by atoms with E-state index in [1.54, 1.807) is 26.0 Å². The second-order valence-electron chi connectivity index (χ2n) is 7.14. The van der Waals surface area contributed by atoms with Crippen LogP contribution in [-0.4, -0.2) is 21.9 Å². The summed E-state index contributed by atoms with van der Waals surface area (Å²) in [4.78, 5) is 11.8. The highest BCUT2D eigenvalue weighted by atomic mass is 19.4. The maximum absolute atomic E-state index is 14.3. The van der Waals surface area contributed by atoms with Gasteiger partial charge in [-0.2, -0.15) is 13.2 Å². The molecule has 0 spiro atoms. The lowest BCUT2D eigenvalue weighted by Crippen LogP contribution is -2.22. The van der Waals surface area contributed by atoms with Gasteiger partial charge < -0.3 is 10.6 Å². The van der Waals surface area contributed by atoms with E-state index in [1.807, 2.05) is 0 Å². The first-order valence-corrected chi connectivity index (χ1v) is 9.22. The molecular formula is C21H16F5N5. The third-order valence-corrected chi connectivity index (χ3v) is 4.60. The van der Waals surface area contributed by atoms with Crippen molar-refractivity contribution >= 4 is 34.5 Å². The molecule has 0 radical (unpaired) electrons. The molecule has 1 aliphatic rings. The average molecular weight is 433 g/mol. The van der Waals surface area contributed by atoms with Gasteiger partial charge in [0.25, 0.3) is 0 Å². The Morgan fingerprint density at radius 1 is 0.806 bits per heavy atom. The molecule has 0 saturated carbocycles. The van der Waals surface area contributed by atoms with Gasteiger partial charge in [-0.25, -0.2) is 23.7 Å². The average Bonchev–Trinajstić information content (AvgIpc) is 3.11. The van der Waals surface area contributed by atoms with Gasteiger partial charge in [0.05, 0.1) is 17.1 Å². The van der Waals surface area contributed by atoms with Gasteiger partial charge in [0.2, 0.25) is 0 Å². The van der Waals surface area contributed by atoms with E-state index in [0.29, 0.717) is 0 Å². The minimum absolute atomic E-state index is 0.0156. The van der Waals surface area contributed by atoms with E-state index in [9.17, 15) is 22.0 Å². The van der Waals surface area contributed by atoms with Crippen molar-refractivity contribution in [2.24, 2.45) is 4.99 Å². The number of rotatable bonds is 4. The monoisotopic (exact) mass is 433 g/mol. The summed E-state index contributed by atoms with van der Waals surface area (Å²) in [6.45, 7) is 3.50. The summed E-state index contributed by atoms with van der Waals surface area (Å²) >= 11 is 0. The van der Waals surface area contributed by atoms with Crippen LogP contribution in [-0.2, 0) is 6.42 Å². The molecular weight excluding hydrogens is 417 g/mol. The highest BCUT2D eigenvalue weighted by Gasteiger charge is 2.40. The fraction of sp³-hybridized carbons (Fsp3) is 0.190. The zero-order chi connectivity index (χ0) is 22.3. The number of nitrogens with zero attached hydrogens (tertiary/aromatic N) is 3. The second-order valence-corrected chi connectivity index (χ2v) is 7.14. The van der Waals surface area contributed by atoms with Crippen molar-refractivity contribution in [3.63, 3.8) is 0 Å². The van der Waals surface area contributed by atoms with Crippen LogP contribution in [0.3, 0.4) is 0 Å². The normalized spacial score (nSPS) is 13.1. The number of benzene rings is 2. The SMILES string of the molecule is Cc1ccc(F)c(Nc2nc3c(nc2Nc2cc(C)ccc2F)N=C(C(F)(F)F)C3)c1. The first-order valence-electron chi connectivity index (χ1n) is 9.22. The van der Waals surface area contributed by atoms with Crippen molar-refractivity contribution in [1.29, 1.82) is 0 Å². The van der Waals surface area contributed by atoms with Gasteiger partial charge in [-0.1, -0.05) is 12.1 Å². The summed E-state index contributed by atoms with van der Waals surface area (Å²) in [5.41, 5.74) is 0.541. The minimum atomic E-state index is -4.63. The Morgan fingerprint density at radius 2 is 1.32 bits per heavy atom. The van der Waals surface area contributed by atoms with Crippen LogP contribution in [0.1, 0.15) is 16.8 Å². The molecule has 160 valence electrons. The zero-order valence-electron chi connectivity index (χ0n) is 16.4. The van der Waals surface area contributed by atoms with Crippen LogP contribution in [0.15, 0.2) is 41.4 Å². The van der Waals surface area contributed by atoms with Gasteiger partial charge in [-0.05, 0) is 49.2 Å². The Bertz CT molecular complexity index is 1200. The number of hydrogen-bond acceptors (Lipinski definition) is 5. The summed E-state index contributed by atoms with van der Waals surface area (Å²) in [6, 6.07) is 8.64. The summed E-state index contributed by atoms with van der Waals surface area (Å²) in [5, 5.41) is 5.49. The van der Waals surface area contributed by atoms with Gasteiger partial charge in [0, 0.05) is 6.42 Å². The minimum Gasteiger partial charge on any atom is -0.335 e. The van der Waals surface area contributed by atoms with Crippen molar-refractivity contribution < 1.29 is 22.0 Å². The number of halogens is 5. The third kappa shape index (κ3) is 4.32. The third-order valence-electron chi connectivity index (χ3n) is 4.60. The molecule has 10 heteroatoms. The van der Waals surface area contributed by atoms with Crippen molar-refractivity contribution in [1.82, 2.24) is 9.97 Å². The fourth-order valence-corrected chi connectivity index (χ4v) is 3.06. The van der Waals surface area contributed by atoms with E-state index in [1.165, 1.54) is 24.3 Å². The molecule has 0 amide bonds. The van der Waals surface area contributed by atoms with Crippen LogP contribution in [0.2, 0.25) is 0 Å². The van der Waals surface area contributed by atoms with Crippen LogP contribution in [0.25, 0.3) is 0 Å². The van der Waals surface area contributed by atoms with Crippen LogP contribution in [0.4, 0.5) is 50.8 Å². The standard InChI is InChI=1S/C21H16F5N5/c1-10-3-5-12(22)14(7-10)27-19-20(28-15-8-11(2)4-6-13(15)23)31-18-16(29-19)9-17(30-18)21(24,25)26/h3-8H,9H2,1-2H3,(H,27,29)(H,28,31). The summed E-state index contributed by atoms with van der Waals surface area (Å²) in [5.74, 6) is -1.55. The molecule has 1 aliphatic heterocycles. The number of fused-ring (bicyclic) bond motifs is 1. The number of aromatic nitrogens is 2. The second kappa shape index (κ2) is 7.60. The van der Waals surface area contributed by atoms with Gasteiger partial charge in [0.15, 0.2) is 17.5 Å². The van der Waals surface area contributed by atoms with Crippen molar-refractivity contribution in [3.05, 3.63) is 64.9 Å². The summed E-state index contributed by atoms with van der Waals surface area (Å²) < 4.78 is 67.8. The maximum Gasteiger partial charge on any atom is 0.429 e. The Labute approximate surface area is 174 Å². The molecule has 3 aromatic rings. The van der Waals surface area contributed by atoms with Gasteiger partial charge in [-0.15, -0.1) is 0 Å². The predicted octanol–water partition coefficient (Wildman–Crippen LogP) is 6.05. The molecule has 0 aliphatic carbocycles. The molecule has 0 atom stereocenters. The zero-order valence-corrected chi connectivity index (χ0v) is 16.4. The van der Waals surface area contributed by atoms with Crippen molar-refractivity contribution in [2.45, 2.75) is 26.4 Å². The largest absolute Gasteiger partial charge is 0.429 e. The number of aliphatic imine (C=N–C) groups is 1. The van der Waals surface area contributed by atoms with Crippen molar-refractivity contribution in [2.75, 3.05) is 10.6 Å². The molecule has 0 saturated heterocycles. The molecule has 0 fully saturated rings. The Balaban J connectivity index is 1.79. The van der Waals surface area contributed by atoms with Gasteiger partial charge >= 0.3 is 6.18 Å². The molecule has 0 unspecified atom stereocenters. The van der Waals surface area contributed by atoms with E-state index in [0.717, 1.165) is 11.1 Å². The first kappa shape index (κ1) is 20.7. The van der Waals surface area contributed by atoms with E-state index in [2.05, 4.69) is 25.6 Å². The molecule has 2 N–H and O–H groups in total. The maximum atomic E-state index is 14.3. The van der Waals surface area contributed by atoms with E-state index in [-0.39, 0.29) is 34.5 Å². The predicted molar refractivity (Wildman–Crippen MR) is 108 cm³/mol. The lowest BCUT2D eigenvalue weighted by molar-refractivity contribution is -0.0597. The number of anilines is 4. The lowest BCUT2D eigenvalue weighted by atomic mass is 10.2. The Kier molecular flexibility index (Phi) is 5.08. The van der Waals surface area contributed by atoms with E-state index >= 15 is 0 Å². The van der Waals surface area contributed by atoms with Crippen molar-refractivity contribution in [3.8, 4) is 0 Å². The number of alkyl halides is 3. The van der Waals surface area contributed by atoms with E-state index in [4.69, 9.17) is 0 Å². The number of aryl methyl sites for hydroxylation is 2. The topological polar surface area (TPSA) is 62.2 Å². The summed E-state index contributed by atoms with van der Waals surface area (Å²) in [6.07, 6.45) is -5.19. The number of nitrogens with one attached hydrogen (secondary N) is 2. The molecule has 0 bridgehead atoms. The number of hydrogen-bond donors (Lipinski definition) is 2. The highest BCUT2D eigenvalue weighted by molar-refractivity contribution is 5.97. The fourth-order valence-electron chi connectivity index (χ4n) is 3.06. The van der Waals surface area contributed by atoms with Crippen LogP contribution < -0.4 is 10.6 Å². The Hall–Kier alpha value is -3.56. The molecule has 31 heavy (non-hydrogen) atoms. The van der Waals surface area contributed by atoms with Crippen LogP contribution >= 0.6 is 0 Å². The Morgan fingerprint density at radius 3 is 1.84 bits per heavy atom. The first-order chi connectivity index (χ1) is 14.6. The van der Waals surface area contributed by atoms with Crippen LogP contribution in [0.5, 0.6) is 0 Å². The smallest absolute Gasteiger partial charge is 0.335 e. The molecule has 2 heterocycles. The molecule has 4 rings (SSSR count). The van der Waals surface area contributed by atoms with Gasteiger partial charge in [-0.3, -0.25) is 0 Å². The quantitative estimate of drug-likeness (QED) is 0.492. The molecule has 1 aromatic heterocycles. The molecule has 2 aromatic carbocycles.